The van der Waals surface area contributed by atoms with E-state index in [1.807, 2.05) is 0 Å². The van der Waals surface area contributed by atoms with Gasteiger partial charge in [-0.3, -0.25) is 4.79 Å². The highest BCUT2D eigenvalue weighted by atomic mass is 16.2. The molecular weight excluding hydrogens is 204 g/mol. The summed E-state index contributed by atoms with van der Waals surface area (Å²) in [5.74, 6) is 0.400. The molecule has 3 N–H and O–H groups in total. The van der Waals surface area contributed by atoms with Gasteiger partial charge in [-0.25, -0.2) is 4.98 Å². The molecule has 1 heterocycles. The summed E-state index contributed by atoms with van der Waals surface area (Å²) >= 11 is 0. The number of carbonyl (C=O) groups excluding carboxylic acids is 1. The topological polar surface area (TPSA) is 72.9 Å². The Morgan fingerprint density at radius 1 is 1.62 bits per heavy atom. The first-order chi connectivity index (χ1) is 7.54. The van der Waals surface area contributed by atoms with Gasteiger partial charge in [-0.2, -0.15) is 0 Å². The van der Waals surface area contributed by atoms with Crippen LogP contribution in [0.1, 0.15) is 30.8 Å². The molecule has 1 amide bonds. The van der Waals surface area contributed by atoms with Gasteiger partial charge < -0.3 is 15.6 Å². The molecule has 1 atom stereocenters. The fraction of sp³-hybridized carbons (Fsp3) is 0.636. The molecule has 0 saturated carbocycles. The average molecular weight is 224 g/mol. The summed E-state index contributed by atoms with van der Waals surface area (Å²) in [6.07, 6.45) is 4.05. The molecule has 1 aromatic rings. The van der Waals surface area contributed by atoms with Gasteiger partial charge in [0.15, 0.2) is 0 Å². The number of imidazole rings is 1. The molecule has 0 spiro atoms. The van der Waals surface area contributed by atoms with Crippen LogP contribution in [0.25, 0.3) is 0 Å². The van der Waals surface area contributed by atoms with Crippen molar-refractivity contribution in [1.82, 2.24) is 14.9 Å². The molecule has 5 heteroatoms. The third-order valence-corrected chi connectivity index (χ3v) is 2.42. The molecule has 0 bridgehead atoms. The maximum atomic E-state index is 11.8. The summed E-state index contributed by atoms with van der Waals surface area (Å²) in [6.45, 7) is 4.68. The minimum Gasteiger partial charge on any atom is -0.347 e. The molecule has 1 unspecified atom stereocenters. The predicted octanol–water partition coefficient (Wildman–Crippen LogP) is 0.523. The number of nitrogens with zero attached hydrogens (tertiary/aromatic N) is 2. The van der Waals surface area contributed by atoms with Crippen LogP contribution in [0.5, 0.6) is 0 Å². The average Bonchev–Trinajstić information content (AvgIpc) is 2.62. The fourth-order valence-electron chi connectivity index (χ4n) is 1.62. The van der Waals surface area contributed by atoms with Gasteiger partial charge in [-0.1, -0.05) is 13.8 Å². The van der Waals surface area contributed by atoms with E-state index < -0.39 is 0 Å². The number of aryl methyl sites for hydroxylation is 1. The van der Waals surface area contributed by atoms with Crippen molar-refractivity contribution in [1.29, 1.82) is 0 Å². The number of hydrogen-bond acceptors (Lipinski definition) is 3. The molecule has 0 aliphatic heterocycles. The van der Waals surface area contributed by atoms with Gasteiger partial charge >= 0.3 is 0 Å². The number of rotatable bonds is 5. The summed E-state index contributed by atoms with van der Waals surface area (Å²) in [5.41, 5.74) is 6.18. The molecule has 1 rings (SSSR count). The van der Waals surface area contributed by atoms with Crippen molar-refractivity contribution in [2.75, 3.05) is 6.54 Å². The largest absolute Gasteiger partial charge is 0.347 e. The van der Waals surface area contributed by atoms with E-state index in [1.54, 1.807) is 24.1 Å². The summed E-state index contributed by atoms with van der Waals surface area (Å²) < 4.78 is 1.69. The van der Waals surface area contributed by atoms with Crippen molar-refractivity contribution in [2.24, 2.45) is 18.7 Å². The Morgan fingerprint density at radius 3 is 2.75 bits per heavy atom. The van der Waals surface area contributed by atoms with Crippen molar-refractivity contribution < 1.29 is 4.79 Å². The van der Waals surface area contributed by atoms with E-state index in [0.29, 0.717) is 18.2 Å². The second-order valence-corrected chi connectivity index (χ2v) is 4.43. The number of aromatic nitrogens is 2. The normalized spacial score (nSPS) is 12.8. The van der Waals surface area contributed by atoms with E-state index in [1.165, 1.54) is 0 Å². The lowest BCUT2D eigenvalue weighted by atomic mass is 10.0. The van der Waals surface area contributed by atoms with Gasteiger partial charge in [0.2, 0.25) is 0 Å². The van der Waals surface area contributed by atoms with Crippen LogP contribution in [-0.4, -0.2) is 28.0 Å². The van der Waals surface area contributed by atoms with Crippen LogP contribution in [0, 0.1) is 5.92 Å². The Kier molecular flexibility index (Phi) is 4.49. The first-order valence-electron chi connectivity index (χ1n) is 5.51. The summed E-state index contributed by atoms with van der Waals surface area (Å²) in [5, 5.41) is 2.92. The van der Waals surface area contributed by atoms with Gasteiger partial charge in [0.1, 0.15) is 5.69 Å². The summed E-state index contributed by atoms with van der Waals surface area (Å²) in [6, 6.07) is 0.0300. The lowest BCUT2D eigenvalue weighted by molar-refractivity contribution is 0.0925. The van der Waals surface area contributed by atoms with Crippen LogP contribution in [-0.2, 0) is 7.05 Å². The molecule has 1 aromatic heterocycles. The smallest absolute Gasteiger partial charge is 0.269 e. The zero-order valence-electron chi connectivity index (χ0n) is 10.1. The molecular formula is C11H20N4O. The fourth-order valence-corrected chi connectivity index (χ4v) is 1.62. The van der Waals surface area contributed by atoms with Gasteiger partial charge in [-0.15, -0.1) is 0 Å². The maximum absolute atomic E-state index is 11.8. The maximum Gasteiger partial charge on any atom is 0.269 e. The molecule has 90 valence electrons. The Balaban J connectivity index is 2.59. The summed E-state index contributed by atoms with van der Waals surface area (Å²) in [7, 11) is 1.79. The molecule has 0 aliphatic rings. The van der Waals surface area contributed by atoms with Crippen LogP contribution < -0.4 is 11.1 Å². The predicted molar refractivity (Wildman–Crippen MR) is 63.0 cm³/mol. The summed E-state index contributed by atoms with van der Waals surface area (Å²) in [4.78, 5) is 15.8. The molecule has 0 aliphatic carbocycles. The quantitative estimate of drug-likeness (QED) is 0.766. The van der Waals surface area contributed by atoms with Gasteiger partial charge in [0.25, 0.3) is 5.91 Å². The van der Waals surface area contributed by atoms with Gasteiger partial charge in [0, 0.05) is 19.6 Å². The number of hydrogen-bond donors (Lipinski definition) is 2. The number of amides is 1. The molecule has 0 radical (unpaired) electrons. The SMILES string of the molecule is CC(C)CC(CN)NC(=O)c1cncn1C. The lowest BCUT2D eigenvalue weighted by Crippen LogP contribution is -2.41. The minimum absolute atomic E-state index is 0.0300. The third kappa shape index (κ3) is 3.34. The Hall–Kier alpha value is -1.36. The highest BCUT2D eigenvalue weighted by Crippen LogP contribution is 2.05. The first kappa shape index (κ1) is 12.7. The zero-order valence-corrected chi connectivity index (χ0v) is 10.1. The monoisotopic (exact) mass is 224 g/mol. The van der Waals surface area contributed by atoms with Gasteiger partial charge in [0.05, 0.1) is 12.5 Å². The standard InChI is InChI=1S/C11H20N4O/c1-8(2)4-9(5-12)14-11(16)10-6-13-7-15(10)3/h6-9H,4-5,12H2,1-3H3,(H,14,16). The highest BCUT2D eigenvalue weighted by molar-refractivity contribution is 5.92. The zero-order chi connectivity index (χ0) is 12.1. The van der Waals surface area contributed by atoms with Crippen molar-refractivity contribution in [3.05, 3.63) is 18.2 Å². The third-order valence-electron chi connectivity index (χ3n) is 2.42. The van der Waals surface area contributed by atoms with E-state index >= 15 is 0 Å². The number of nitrogens with one attached hydrogen (secondary N) is 1. The van der Waals surface area contributed by atoms with Crippen molar-refractivity contribution in [3.63, 3.8) is 0 Å². The van der Waals surface area contributed by atoms with Crippen LogP contribution in [0.15, 0.2) is 12.5 Å². The molecule has 0 saturated heterocycles. The molecule has 0 aromatic carbocycles. The lowest BCUT2D eigenvalue weighted by Gasteiger charge is -2.18. The van der Waals surface area contributed by atoms with E-state index in [2.05, 4.69) is 24.1 Å². The van der Waals surface area contributed by atoms with Crippen LogP contribution in [0.4, 0.5) is 0 Å². The van der Waals surface area contributed by atoms with E-state index in [9.17, 15) is 4.79 Å². The Morgan fingerprint density at radius 2 is 2.31 bits per heavy atom. The molecule has 16 heavy (non-hydrogen) atoms. The second kappa shape index (κ2) is 5.65. The van der Waals surface area contributed by atoms with Crippen LogP contribution in [0.2, 0.25) is 0 Å². The number of carbonyl (C=O) groups is 1. The van der Waals surface area contributed by atoms with Crippen molar-refractivity contribution in [2.45, 2.75) is 26.3 Å². The molecule has 5 nitrogen and oxygen atoms in total. The minimum atomic E-state index is -0.115. The molecule has 0 fully saturated rings. The first-order valence-corrected chi connectivity index (χ1v) is 5.51. The van der Waals surface area contributed by atoms with Gasteiger partial charge in [-0.05, 0) is 12.3 Å². The highest BCUT2D eigenvalue weighted by Gasteiger charge is 2.15. The Labute approximate surface area is 96.0 Å². The van der Waals surface area contributed by atoms with Crippen molar-refractivity contribution >= 4 is 5.91 Å². The van der Waals surface area contributed by atoms with E-state index in [0.717, 1.165) is 6.42 Å². The van der Waals surface area contributed by atoms with Crippen molar-refractivity contribution in [3.8, 4) is 0 Å². The van der Waals surface area contributed by atoms with Crippen LogP contribution in [0.3, 0.4) is 0 Å². The van der Waals surface area contributed by atoms with Crippen LogP contribution >= 0.6 is 0 Å². The number of nitrogens with two attached hydrogens (primary N) is 1. The second-order valence-electron chi connectivity index (χ2n) is 4.43. The van der Waals surface area contributed by atoms with E-state index in [4.69, 9.17) is 5.73 Å². The van der Waals surface area contributed by atoms with E-state index in [-0.39, 0.29) is 11.9 Å². The Bertz CT molecular complexity index is 346.